The van der Waals surface area contributed by atoms with Gasteiger partial charge in [-0.15, -0.1) is 0 Å². The maximum absolute atomic E-state index is 11.3. The average Bonchev–Trinajstić information content (AvgIpc) is 2.02. The summed E-state index contributed by atoms with van der Waals surface area (Å²) >= 11 is 0. The first kappa shape index (κ1) is 8.46. The molecule has 2 aliphatic heterocycles. The van der Waals surface area contributed by atoms with E-state index in [4.69, 9.17) is 0 Å². The van der Waals surface area contributed by atoms with Gasteiger partial charge in [-0.25, -0.2) is 4.79 Å². The van der Waals surface area contributed by atoms with E-state index in [-0.39, 0.29) is 24.2 Å². The lowest BCUT2D eigenvalue weighted by molar-refractivity contribution is -0.124. The van der Waals surface area contributed by atoms with Crippen molar-refractivity contribution in [1.29, 1.82) is 0 Å². The molecular formula is C7H12N4O2. The van der Waals surface area contributed by atoms with E-state index in [1.807, 2.05) is 6.92 Å². The number of hydrogen-bond donors (Lipinski definition) is 4. The molecule has 4 N–H and O–H groups in total. The molecule has 2 saturated heterocycles. The van der Waals surface area contributed by atoms with Crippen LogP contribution in [0.3, 0.4) is 0 Å². The van der Waals surface area contributed by atoms with Crippen LogP contribution in [0.4, 0.5) is 4.79 Å². The highest BCUT2D eigenvalue weighted by molar-refractivity contribution is 6.00. The molecule has 2 rings (SSSR count). The number of hydrogen-bond acceptors (Lipinski definition) is 4. The van der Waals surface area contributed by atoms with E-state index in [1.165, 1.54) is 0 Å². The molecule has 6 nitrogen and oxygen atoms in total. The quantitative estimate of drug-likeness (QED) is 0.354. The van der Waals surface area contributed by atoms with E-state index in [2.05, 4.69) is 21.3 Å². The van der Waals surface area contributed by atoms with Crippen LogP contribution in [0.15, 0.2) is 0 Å². The van der Waals surface area contributed by atoms with Crippen molar-refractivity contribution in [2.45, 2.75) is 25.2 Å². The van der Waals surface area contributed by atoms with E-state index in [1.54, 1.807) is 0 Å². The van der Waals surface area contributed by atoms with Crippen LogP contribution >= 0.6 is 0 Å². The number of imide groups is 1. The van der Waals surface area contributed by atoms with Crippen molar-refractivity contribution in [2.75, 3.05) is 6.54 Å². The topological polar surface area (TPSA) is 82.3 Å². The first-order chi connectivity index (χ1) is 6.16. The summed E-state index contributed by atoms with van der Waals surface area (Å²) in [6.45, 7) is 2.71. The molecule has 0 aliphatic carbocycles. The van der Waals surface area contributed by atoms with Gasteiger partial charge in [-0.3, -0.25) is 15.4 Å². The molecule has 0 aromatic rings. The van der Waals surface area contributed by atoms with Crippen molar-refractivity contribution < 1.29 is 9.59 Å². The number of carbonyl (C=O) groups excluding carboxylic acids is 2. The lowest BCUT2D eigenvalue weighted by atomic mass is 10.1. The summed E-state index contributed by atoms with van der Waals surface area (Å²) in [4.78, 5) is 22.2. The molecule has 0 aromatic carbocycles. The minimum Gasteiger partial charge on any atom is -0.320 e. The van der Waals surface area contributed by atoms with Gasteiger partial charge in [-0.2, -0.15) is 0 Å². The van der Waals surface area contributed by atoms with Crippen molar-refractivity contribution in [3.63, 3.8) is 0 Å². The first-order valence-electron chi connectivity index (χ1n) is 4.27. The number of rotatable bonds is 0. The van der Waals surface area contributed by atoms with Gasteiger partial charge >= 0.3 is 6.03 Å². The Bertz CT molecular complexity index is 255. The van der Waals surface area contributed by atoms with E-state index >= 15 is 0 Å². The van der Waals surface area contributed by atoms with Gasteiger partial charge in [-0.1, -0.05) is 0 Å². The van der Waals surface area contributed by atoms with Crippen molar-refractivity contribution >= 4 is 11.9 Å². The fraction of sp³-hybridized carbons (Fsp3) is 0.714. The summed E-state index contributed by atoms with van der Waals surface area (Å²) in [5.74, 6) is -0.270. The highest BCUT2D eigenvalue weighted by atomic mass is 16.2. The van der Waals surface area contributed by atoms with Gasteiger partial charge in [0.2, 0.25) is 5.91 Å². The van der Waals surface area contributed by atoms with Gasteiger partial charge in [0.1, 0.15) is 12.2 Å². The van der Waals surface area contributed by atoms with Crippen LogP contribution in [-0.2, 0) is 4.79 Å². The van der Waals surface area contributed by atoms with Crippen LogP contribution in [0.1, 0.15) is 6.92 Å². The van der Waals surface area contributed by atoms with Crippen LogP contribution in [0, 0.1) is 0 Å². The van der Waals surface area contributed by atoms with Gasteiger partial charge < -0.3 is 10.6 Å². The molecule has 0 bridgehead atoms. The third kappa shape index (κ3) is 1.50. The first-order valence-corrected chi connectivity index (χ1v) is 4.27. The molecule has 72 valence electrons. The molecule has 2 heterocycles. The molecule has 3 atom stereocenters. The van der Waals surface area contributed by atoms with E-state index in [0.29, 0.717) is 0 Å². The third-order valence-corrected chi connectivity index (χ3v) is 2.25. The lowest BCUT2D eigenvalue weighted by Gasteiger charge is -2.39. The zero-order valence-corrected chi connectivity index (χ0v) is 7.26. The lowest BCUT2D eigenvalue weighted by Crippen LogP contribution is -2.74. The number of urea groups is 1. The highest BCUT2D eigenvalue weighted by Crippen LogP contribution is 2.03. The molecule has 13 heavy (non-hydrogen) atoms. The van der Waals surface area contributed by atoms with E-state index in [0.717, 1.165) is 6.54 Å². The SMILES string of the molecule is C[C@@H]1CN[C@@H]2C(=O)NC(=O)N[C@@H]2N1. The van der Waals surface area contributed by atoms with Gasteiger partial charge in [0.15, 0.2) is 0 Å². The Labute approximate surface area is 75.4 Å². The number of piperazine rings is 1. The Hall–Kier alpha value is -1.14. The van der Waals surface area contributed by atoms with Crippen LogP contribution in [-0.4, -0.2) is 36.7 Å². The number of nitrogens with one attached hydrogen (secondary N) is 4. The molecular weight excluding hydrogens is 172 g/mol. The van der Waals surface area contributed by atoms with Gasteiger partial charge in [0.05, 0.1) is 0 Å². The molecule has 0 radical (unpaired) electrons. The predicted octanol–water partition coefficient (Wildman–Crippen LogP) is -1.90. The average molecular weight is 184 g/mol. The molecule has 0 unspecified atom stereocenters. The number of amides is 3. The van der Waals surface area contributed by atoms with Gasteiger partial charge in [-0.05, 0) is 6.92 Å². The summed E-state index contributed by atoms with van der Waals surface area (Å²) in [6, 6.07) is -0.531. The van der Waals surface area contributed by atoms with Crippen LogP contribution in [0.2, 0.25) is 0 Å². The monoisotopic (exact) mass is 184 g/mol. The standard InChI is InChI=1S/C7H12N4O2/c1-3-2-8-4-5(9-3)10-7(13)11-6(4)12/h3-5,8-9H,2H2,1H3,(H2,10,11,12,13)/t3-,4+,5+/m1/s1. The third-order valence-electron chi connectivity index (χ3n) is 2.25. The summed E-state index contributed by atoms with van der Waals surface area (Å²) in [6.07, 6.45) is -0.287. The van der Waals surface area contributed by atoms with E-state index in [9.17, 15) is 9.59 Å². The molecule has 2 fully saturated rings. The summed E-state index contributed by atoms with van der Waals surface area (Å²) in [5, 5.41) is 11.0. The molecule has 3 amide bonds. The Balaban J connectivity index is 2.10. The van der Waals surface area contributed by atoms with Crippen molar-refractivity contribution in [3.8, 4) is 0 Å². The van der Waals surface area contributed by atoms with Crippen LogP contribution < -0.4 is 21.3 Å². The second kappa shape index (κ2) is 2.97. The van der Waals surface area contributed by atoms with Gasteiger partial charge in [0, 0.05) is 12.6 Å². The van der Waals surface area contributed by atoms with Crippen LogP contribution in [0.25, 0.3) is 0 Å². The maximum atomic E-state index is 11.3. The fourth-order valence-electron chi connectivity index (χ4n) is 1.62. The molecule has 0 spiro atoms. The van der Waals surface area contributed by atoms with Crippen molar-refractivity contribution in [1.82, 2.24) is 21.3 Å². The largest absolute Gasteiger partial charge is 0.322 e. The number of carbonyl (C=O) groups is 2. The summed E-state index contributed by atoms with van der Waals surface area (Å²) < 4.78 is 0. The predicted molar refractivity (Wildman–Crippen MR) is 44.9 cm³/mol. The van der Waals surface area contributed by atoms with Crippen molar-refractivity contribution in [3.05, 3.63) is 0 Å². The minimum atomic E-state index is -0.436. The normalized spacial score (nSPS) is 39.0. The maximum Gasteiger partial charge on any atom is 0.322 e. The minimum absolute atomic E-state index is 0.257. The van der Waals surface area contributed by atoms with Crippen LogP contribution in [0.5, 0.6) is 0 Å². The Morgan fingerprint density at radius 2 is 2.15 bits per heavy atom. The Kier molecular flexibility index (Phi) is 1.93. The molecule has 0 aromatic heterocycles. The summed E-state index contributed by atoms with van der Waals surface area (Å²) in [7, 11) is 0. The van der Waals surface area contributed by atoms with Crippen molar-refractivity contribution in [2.24, 2.45) is 0 Å². The highest BCUT2D eigenvalue weighted by Gasteiger charge is 2.38. The van der Waals surface area contributed by atoms with Gasteiger partial charge in [0.25, 0.3) is 0 Å². The zero-order chi connectivity index (χ0) is 9.42. The molecule has 2 aliphatic rings. The second-order valence-corrected chi connectivity index (χ2v) is 3.39. The number of fused-ring (bicyclic) bond motifs is 1. The smallest absolute Gasteiger partial charge is 0.320 e. The zero-order valence-electron chi connectivity index (χ0n) is 7.26. The Morgan fingerprint density at radius 3 is 2.92 bits per heavy atom. The van der Waals surface area contributed by atoms with E-state index < -0.39 is 6.03 Å². The molecule has 6 heteroatoms. The Morgan fingerprint density at radius 1 is 1.38 bits per heavy atom. The molecule has 0 saturated carbocycles. The summed E-state index contributed by atoms with van der Waals surface area (Å²) in [5.41, 5.74) is 0. The fourth-order valence-corrected chi connectivity index (χ4v) is 1.62. The second-order valence-electron chi connectivity index (χ2n) is 3.39.